The van der Waals surface area contributed by atoms with Crippen LogP contribution in [0.4, 0.5) is 0 Å². The van der Waals surface area contributed by atoms with Crippen molar-refractivity contribution in [3.63, 3.8) is 0 Å². The van der Waals surface area contributed by atoms with Gasteiger partial charge in [0.2, 0.25) is 12.2 Å². The molecule has 0 rings (SSSR count). The molecule has 2 atom stereocenters. The Morgan fingerprint density at radius 2 is 1.22 bits per heavy atom. The number of carbonyl (C=O) groups is 4. The van der Waals surface area contributed by atoms with Crippen LogP contribution in [0.5, 0.6) is 0 Å². The maximum atomic E-state index is 12.1. The second-order valence-electron chi connectivity index (χ2n) is 4.91. The first-order valence-electron chi connectivity index (χ1n) is 7.85. The van der Waals surface area contributed by atoms with Gasteiger partial charge < -0.3 is 19.7 Å². The molecule has 0 aromatic carbocycles. The average molecular weight is 378 g/mol. The highest BCUT2D eigenvalue weighted by molar-refractivity contribution is 5.96. The third kappa shape index (κ3) is 7.55. The second kappa shape index (κ2) is 12.0. The molecule has 0 saturated carbocycles. The van der Waals surface area contributed by atoms with E-state index in [0.29, 0.717) is 0 Å². The van der Waals surface area contributed by atoms with Gasteiger partial charge in [-0.1, -0.05) is 43.0 Å². The molecule has 0 fully saturated rings. The molecule has 27 heavy (non-hydrogen) atoms. The number of hydrogen-bond acceptors (Lipinski definition) is 6. The molecule has 0 aliphatic carbocycles. The van der Waals surface area contributed by atoms with Crippen molar-refractivity contribution in [3.05, 3.63) is 60.3 Å². The topological polar surface area (TPSA) is 127 Å². The number of carboxylic acids is 2. The van der Waals surface area contributed by atoms with Crippen molar-refractivity contribution in [2.75, 3.05) is 0 Å². The summed E-state index contributed by atoms with van der Waals surface area (Å²) in [4.78, 5) is 47.0. The summed E-state index contributed by atoms with van der Waals surface area (Å²) in [7, 11) is 0. The molecule has 0 aliphatic rings. The van der Waals surface area contributed by atoms with E-state index in [1.807, 2.05) is 0 Å². The normalized spacial score (nSPS) is 14.6. The van der Waals surface area contributed by atoms with Gasteiger partial charge in [0.25, 0.3) is 0 Å². The lowest BCUT2D eigenvalue weighted by molar-refractivity contribution is -0.184. The highest BCUT2D eigenvalue weighted by Crippen LogP contribution is 2.13. The second-order valence-corrected chi connectivity index (χ2v) is 4.91. The van der Waals surface area contributed by atoms with Crippen molar-refractivity contribution < 1.29 is 38.9 Å². The SMILES string of the molecule is C=C/C=C\C(=C/C)C(=O)OC(C(=O)O)C(OC(=O)C(/C=C\C)=C/C)C(=O)O. The Bertz CT molecular complexity index is 709. The third-order valence-corrected chi connectivity index (χ3v) is 3.08. The first kappa shape index (κ1) is 23.6. The summed E-state index contributed by atoms with van der Waals surface area (Å²) >= 11 is 0. The van der Waals surface area contributed by atoms with Gasteiger partial charge in [-0.3, -0.25) is 0 Å². The molecule has 0 aromatic rings. The van der Waals surface area contributed by atoms with E-state index in [4.69, 9.17) is 9.47 Å². The molecule has 0 radical (unpaired) electrons. The van der Waals surface area contributed by atoms with Crippen LogP contribution in [0, 0.1) is 0 Å². The maximum absolute atomic E-state index is 12.1. The van der Waals surface area contributed by atoms with Crippen LogP contribution >= 0.6 is 0 Å². The number of rotatable bonds is 10. The molecule has 8 heteroatoms. The summed E-state index contributed by atoms with van der Waals surface area (Å²) in [6, 6.07) is 0. The lowest BCUT2D eigenvalue weighted by Gasteiger charge is -2.21. The molecular formula is C19H22O8. The summed E-state index contributed by atoms with van der Waals surface area (Å²) < 4.78 is 9.54. The fourth-order valence-electron chi connectivity index (χ4n) is 1.77. The number of allylic oxidation sites excluding steroid dienone is 5. The smallest absolute Gasteiger partial charge is 0.349 e. The minimum atomic E-state index is -2.24. The van der Waals surface area contributed by atoms with Crippen LogP contribution in [0.15, 0.2) is 60.3 Å². The predicted octanol–water partition coefficient (Wildman–Crippen LogP) is 2.19. The summed E-state index contributed by atoms with van der Waals surface area (Å²) in [6.45, 7) is 8.08. The average Bonchev–Trinajstić information content (AvgIpc) is 2.62. The number of carbonyl (C=O) groups excluding carboxylic acids is 2. The molecule has 0 heterocycles. The highest BCUT2D eigenvalue weighted by atomic mass is 16.6. The zero-order valence-corrected chi connectivity index (χ0v) is 15.2. The fraction of sp³-hybridized carbons (Fsp3) is 0.263. The van der Waals surface area contributed by atoms with E-state index >= 15 is 0 Å². The highest BCUT2D eigenvalue weighted by Gasteiger charge is 2.41. The number of esters is 2. The largest absolute Gasteiger partial charge is 0.478 e. The lowest BCUT2D eigenvalue weighted by atomic mass is 10.1. The summed E-state index contributed by atoms with van der Waals surface area (Å²) in [5, 5.41) is 18.5. The number of aliphatic carboxylic acids is 2. The number of carboxylic acid groups (broad SMARTS) is 2. The van der Waals surface area contributed by atoms with Crippen LogP contribution in [0.1, 0.15) is 20.8 Å². The molecule has 0 aliphatic heterocycles. The summed E-state index contributed by atoms with van der Waals surface area (Å²) in [6.07, 6.45) is 5.21. The van der Waals surface area contributed by atoms with Crippen LogP contribution < -0.4 is 0 Å². The molecule has 8 nitrogen and oxygen atoms in total. The van der Waals surface area contributed by atoms with Gasteiger partial charge in [-0.05, 0) is 26.8 Å². The van der Waals surface area contributed by atoms with Crippen molar-refractivity contribution in [2.45, 2.75) is 33.0 Å². The van der Waals surface area contributed by atoms with Crippen molar-refractivity contribution in [1.29, 1.82) is 0 Å². The number of ether oxygens (including phenoxy) is 2. The van der Waals surface area contributed by atoms with Gasteiger partial charge in [-0.2, -0.15) is 0 Å². The van der Waals surface area contributed by atoms with Gasteiger partial charge in [0, 0.05) is 0 Å². The lowest BCUT2D eigenvalue weighted by Crippen LogP contribution is -2.46. The zero-order chi connectivity index (χ0) is 21.0. The van der Waals surface area contributed by atoms with Crippen LogP contribution in [-0.4, -0.2) is 46.3 Å². The monoisotopic (exact) mass is 378 g/mol. The Balaban J connectivity index is 5.65. The molecule has 146 valence electrons. The van der Waals surface area contributed by atoms with E-state index in [1.54, 1.807) is 6.92 Å². The van der Waals surface area contributed by atoms with E-state index in [0.717, 1.165) is 0 Å². The summed E-state index contributed by atoms with van der Waals surface area (Å²) in [5.41, 5.74) is -0.0121. The van der Waals surface area contributed by atoms with Crippen LogP contribution in [0.25, 0.3) is 0 Å². The van der Waals surface area contributed by atoms with Crippen LogP contribution in [-0.2, 0) is 28.7 Å². The van der Waals surface area contributed by atoms with Crippen molar-refractivity contribution in [3.8, 4) is 0 Å². The molecule has 0 saturated heterocycles. The van der Waals surface area contributed by atoms with Crippen molar-refractivity contribution in [1.82, 2.24) is 0 Å². The van der Waals surface area contributed by atoms with Crippen molar-refractivity contribution >= 4 is 23.9 Å². The van der Waals surface area contributed by atoms with Gasteiger partial charge in [-0.15, -0.1) is 0 Å². The molecule has 0 aromatic heterocycles. The van der Waals surface area contributed by atoms with Gasteiger partial charge in [-0.25, -0.2) is 19.2 Å². The minimum absolute atomic E-state index is 0.0160. The maximum Gasteiger partial charge on any atom is 0.349 e. The zero-order valence-electron chi connectivity index (χ0n) is 15.2. The Labute approximate surface area is 156 Å². The van der Waals surface area contributed by atoms with Crippen LogP contribution in [0.3, 0.4) is 0 Å². The van der Waals surface area contributed by atoms with E-state index < -0.39 is 36.1 Å². The number of hydrogen-bond donors (Lipinski definition) is 2. The fourth-order valence-corrected chi connectivity index (χ4v) is 1.77. The summed E-state index contributed by atoms with van der Waals surface area (Å²) in [5.74, 6) is -5.71. The first-order chi connectivity index (χ1) is 12.7. The van der Waals surface area contributed by atoms with E-state index in [-0.39, 0.29) is 11.1 Å². The van der Waals surface area contributed by atoms with Crippen molar-refractivity contribution in [2.24, 2.45) is 0 Å². The Morgan fingerprint density at radius 3 is 1.52 bits per heavy atom. The van der Waals surface area contributed by atoms with Gasteiger partial charge >= 0.3 is 23.9 Å². The van der Waals surface area contributed by atoms with Gasteiger partial charge in [0.15, 0.2) is 0 Å². The molecule has 0 amide bonds. The Kier molecular flexibility index (Phi) is 10.5. The predicted molar refractivity (Wildman–Crippen MR) is 96.7 cm³/mol. The minimum Gasteiger partial charge on any atom is -0.478 e. The van der Waals surface area contributed by atoms with Gasteiger partial charge in [0.1, 0.15) is 0 Å². The Hall–Kier alpha value is -3.42. The Morgan fingerprint density at radius 1 is 0.815 bits per heavy atom. The van der Waals surface area contributed by atoms with E-state index in [9.17, 15) is 29.4 Å². The van der Waals surface area contributed by atoms with Gasteiger partial charge in [0.05, 0.1) is 11.1 Å². The van der Waals surface area contributed by atoms with E-state index in [2.05, 4.69) is 6.58 Å². The molecule has 2 N–H and O–H groups in total. The molecule has 0 bridgehead atoms. The third-order valence-electron chi connectivity index (χ3n) is 3.08. The molecule has 2 unspecified atom stereocenters. The standard InChI is InChI=1S/C19H22O8/c1-5-9-11-13(8-4)19(25)27-15(17(22)23)14(16(20)21)26-18(24)12(7-3)10-6-2/h5-11,14-15H,1H2,2-4H3,(H,20,21)(H,22,23)/b10-6-,11-9-,12-7+,13-8+. The molecular weight excluding hydrogens is 356 g/mol. The molecule has 0 spiro atoms. The van der Waals surface area contributed by atoms with Crippen LogP contribution in [0.2, 0.25) is 0 Å². The van der Waals surface area contributed by atoms with E-state index in [1.165, 1.54) is 56.4 Å². The first-order valence-corrected chi connectivity index (χ1v) is 7.85. The quantitative estimate of drug-likeness (QED) is 0.336.